The molecule has 0 aliphatic carbocycles. The van der Waals surface area contributed by atoms with Crippen molar-refractivity contribution in [2.45, 2.75) is 19.1 Å². The van der Waals surface area contributed by atoms with Crippen LogP contribution in [-0.2, 0) is 28.7 Å². The van der Waals surface area contributed by atoms with Crippen molar-refractivity contribution >= 4 is 23.5 Å². The Hall–Kier alpha value is -6.05. The number of aliphatic carboxylic acids is 1. The Kier molecular flexibility index (Phi) is 9.59. The predicted molar refractivity (Wildman–Crippen MR) is 162 cm³/mol. The number of aromatic nitrogens is 3. The fourth-order valence-electron chi connectivity index (χ4n) is 4.65. The second-order valence-corrected chi connectivity index (χ2v) is 10.2. The molecule has 2 aromatic heterocycles. The first-order valence-electron chi connectivity index (χ1n) is 14.0. The summed E-state index contributed by atoms with van der Waals surface area (Å²) in [7, 11) is 1.24. The number of hydrogen-bond acceptors (Lipinski definition) is 8. The summed E-state index contributed by atoms with van der Waals surface area (Å²) in [6, 6.07) is 19.3. The summed E-state index contributed by atoms with van der Waals surface area (Å²) >= 11 is 0. The summed E-state index contributed by atoms with van der Waals surface area (Å²) < 4.78 is 50.8. The van der Waals surface area contributed by atoms with E-state index in [2.05, 4.69) is 20.4 Å². The molecule has 47 heavy (non-hydrogen) atoms. The maximum Gasteiger partial charge on any atom is 0.416 e. The molecule has 3 aromatic carbocycles. The van der Waals surface area contributed by atoms with Gasteiger partial charge in [-0.25, -0.2) is 0 Å². The van der Waals surface area contributed by atoms with Gasteiger partial charge in [-0.3, -0.25) is 19.4 Å². The van der Waals surface area contributed by atoms with E-state index in [1.165, 1.54) is 43.5 Å². The number of ether oxygens (including phenoxy) is 1. The molecule has 5 aromatic rings. The molecule has 0 aliphatic heterocycles. The van der Waals surface area contributed by atoms with Gasteiger partial charge in [-0.05, 0) is 71.8 Å². The molecule has 14 heteroatoms. The Morgan fingerprint density at radius 3 is 2.28 bits per heavy atom. The first kappa shape index (κ1) is 32.3. The number of carboxylic acids is 1. The number of anilines is 1. The number of benzene rings is 3. The van der Waals surface area contributed by atoms with Crippen molar-refractivity contribution in [2.24, 2.45) is 0 Å². The van der Waals surface area contributed by atoms with Crippen LogP contribution in [0, 0.1) is 0 Å². The highest BCUT2D eigenvalue weighted by molar-refractivity contribution is 5.97. The number of alkyl halides is 3. The average Bonchev–Trinajstić information content (AvgIpc) is 3.55. The molecule has 0 radical (unpaired) electrons. The number of hydrogen-bond donors (Lipinski definition) is 2. The van der Waals surface area contributed by atoms with Crippen molar-refractivity contribution in [1.82, 2.24) is 20.0 Å². The zero-order valence-corrected chi connectivity index (χ0v) is 24.7. The van der Waals surface area contributed by atoms with Gasteiger partial charge in [0.25, 0.3) is 11.8 Å². The van der Waals surface area contributed by atoms with Crippen molar-refractivity contribution in [2.75, 3.05) is 19.0 Å². The highest BCUT2D eigenvalue weighted by Gasteiger charge is 2.34. The van der Waals surface area contributed by atoms with E-state index in [1.54, 1.807) is 48.8 Å². The molecule has 0 saturated carbocycles. The standard InChI is InChI=1S/C33H26F3N5O6/c1-46-26-11-8-24(27(17-26)33(34,35)36)16-28(42)38-25-9-6-23(7-10-25)32(45)41(19-29(43)44)18-20-2-4-22(5-3-20)31-39-30(40-47-31)21-12-14-37-15-13-21/h2-15,17H,16,18-19H2,1H3,(H,38,42)(H,43,44). The van der Waals surface area contributed by atoms with E-state index in [0.717, 1.165) is 16.5 Å². The summed E-state index contributed by atoms with van der Waals surface area (Å²) in [5.74, 6) is -1.83. The third-order valence-corrected chi connectivity index (χ3v) is 6.94. The average molecular weight is 646 g/mol. The molecule has 5 rings (SSSR count). The summed E-state index contributed by atoms with van der Waals surface area (Å²) in [6.07, 6.45) is -2.01. The van der Waals surface area contributed by atoms with Gasteiger partial charge in [-0.1, -0.05) is 23.4 Å². The monoisotopic (exact) mass is 645 g/mol. The molecule has 0 spiro atoms. The third kappa shape index (κ3) is 8.16. The molecule has 0 saturated heterocycles. The van der Waals surface area contributed by atoms with E-state index < -0.39 is 42.5 Å². The molecule has 0 aliphatic rings. The van der Waals surface area contributed by atoms with Crippen LogP contribution in [0.2, 0.25) is 0 Å². The lowest BCUT2D eigenvalue weighted by Gasteiger charge is -2.21. The van der Waals surface area contributed by atoms with Crippen molar-refractivity contribution in [3.63, 3.8) is 0 Å². The molecule has 0 unspecified atom stereocenters. The SMILES string of the molecule is COc1ccc(CC(=O)Nc2ccc(C(=O)N(CC(=O)O)Cc3ccc(-c4nc(-c5ccncc5)no4)cc3)cc2)c(C(F)(F)F)c1. The normalized spacial score (nSPS) is 11.1. The van der Waals surface area contributed by atoms with Gasteiger partial charge in [-0.15, -0.1) is 0 Å². The van der Waals surface area contributed by atoms with Crippen LogP contribution in [0.4, 0.5) is 18.9 Å². The Morgan fingerprint density at radius 1 is 0.936 bits per heavy atom. The number of amides is 2. The molecule has 2 N–H and O–H groups in total. The van der Waals surface area contributed by atoms with Crippen LogP contribution in [0.5, 0.6) is 5.75 Å². The van der Waals surface area contributed by atoms with E-state index in [-0.39, 0.29) is 35.0 Å². The predicted octanol–water partition coefficient (Wildman–Crippen LogP) is 5.73. The topological polar surface area (TPSA) is 148 Å². The zero-order chi connectivity index (χ0) is 33.6. The Balaban J connectivity index is 1.24. The van der Waals surface area contributed by atoms with Crippen molar-refractivity contribution in [3.05, 3.63) is 114 Å². The van der Waals surface area contributed by atoms with E-state index in [9.17, 15) is 32.7 Å². The zero-order valence-electron chi connectivity index (χ0n) is 24.7. The Labute approximate surface area is 265 Å². The minimum absolute atomic E-state index is 0.00956. The number of pyridine rings is 1. The lowest BCUT2D eigenvalue weighted by Crippen LogP contribution is -2.35. The van der Waals surface area contributed by atoms with Crippen LogP contribution >= 0.6 is 0 Å². The first-order chi connectivity index (χ1) is 22.5. The summed E-state index contributed by atoms with van der Waals surface area (Å²) in [6.45, 7) is -0.610. The first-order valence-corrected chi connectivity index (χ1v) is 14.0. The van der Waals surface area contributed by atoms with E-state index in [1.807, 2.05) is 0 Å². The molecular formula is C33H26F3N5O6. The second-order valence-electron chi connectivity index (χ2n) is 10.2. The quantitative estimate of drug-likeness (QED) is 0.184. The van der Waals surface area contributed by atoms with Gasteiger partial charge in [0.2, 0.25) is 11.7 Å². The fourth-order valence-corrected chi connectivity index (χ4v) is 4.65. The Morgan fingerprint density at radius 2 is 1.64 bits per heavy atom. The number of carboxylic acid groups (broad SMARTS) is 1. The highest BCUT2D eigenvalue weighted by atomic mass is 19.4. The molecule has 240 valence electrons. The molecule has 0 atom stereocenters. The number of halogens is 3. The summed E-state index contributed by atoms with van der Waals surface area (Å²) in [5, 5.41) is 16.0. The van der Waals surface area contributed by atoms with Gasteiger partial charge in [0.05, 0.1) is 19.1 Å². The van der Waals surface area contributed by atoms with Gasteiger partial charge in [-0.2, -0.15) is 18.2 Å². The largest absolute Gasteiger partial charge is 0.497 e. The molecule has 2 amide bonds. The molecule has 2 heterocycles. The smallest absolute Gasteiger partial charge is 0.416 e. The number of methoxy groups -OCH3 is 1. The maximum absolute atomic E-state index is 13.5. The van der Waals surface area contributed by atoms with Crippen molar-refractivity contribution in [3.8, 4) is 28.6 Å². The van der Waals surface area contributed by atoms with Crippen LogP contribution in [0.3, 0.4) is 0 Å². The number of rotatable bonds is 11. The van der Waals surface area contributed by atoms with Crippen LogP contribution in [0.1, 0.15) is 27.0 Å². The highest BCUT2D eigenvalue weighted by Crippen LogP contribution is 2.35. The van der Waals surface area contributed by atoms with Gasteiger partial charge in [0.15, 0.2) is 0 Å². The van der Waals surface area contributed by atoms with Crippen LogP contribution in [0.15, 0.2) is 95.8 Å². The third-order valence-electron chi connectivity index (χ3n) is 6.94. The minimum atomic E-state index is -4.69. The molecule has 0 fully saturated rings. The van der Waals surface area contributed by atoms with Gasteiger partial charge < -0.3 is 24.6 Å². The molecule has 11 nitrogen and oxygen atoms in total. The van der Waals surface area contributed by atoms with Gasteiger partial charge in [0.1, 0.15) is 12.3 Å². The van der Waals surface area contributed by atoms with Crippen LogP contribution in [0.25, 0.3) is 22.8 Å². The molecular weight excluding hydrogens is 619 g/mol. The number of nitrogens with one attached hydrogen (secondary N) is 1. The molecule has 0 bridgehead atoms. The Bertz CT molecular complexity index is 1880. The van der Waals surface area contributed by atoms with Gasteiger partial charge >= 0.3 is 12.1 Å². The summed E-state index contributed by atoms with van der Waals surface area (Å²) in [4.78, 5) is 47.0. The van der Waals surface area contributed by atoms with Crippen molar-refractivity contribution < 1.29 is 41.9 Å². The van der Waals surface area contributed by atoms with Crippen molar-refractivity contribution in [1.29, 1.82) is 0 Å². The second kappa shape index (κ2) is 13.9. The van der Waals surface area contributed by atoms with Gasteiger partial charge in [0, 0.05) is 41.3 Å². The van der Waals surface area contributed by atoms with E-state index in [0.29, 0.717) is 17.0 Å². The maximum atomic E-state index is 13.5. The fraction of sp³-hybridized carbons (Fsp3) is 0.152. The minimum Gasteiger partial charge on any atom is -0.497 e. The van der Waals surface area contributed by atoms with E-state index in [4.69, 9.17) is 9.26 Å². The number of carbonyl (C=O) groups excluding carboxylic acids is 2. The van der Waals surface area contributed by atoms with Crippen LogP contribution < -0.4 is 10.1 Å². The number of carbonyl (C=O) groups is 3. The summed E-state index contributed by atoms with van der Waals surface area (Å²) in [5.41, 5.74) is 1.16. The number of nitrogens with zero attached hydrogens (tertiary/aromatic N) is 4. The van der Waals surface area contributed by atoms with E-state index >= 15 is 0 Å². The lowest BCUT2D eigenvalue weighted by atomic mass is 10.0. The lowest BCUT2D eigenvalue weighted by molar-refractivity contribution is -0.139. The van der Waals surface area contributed by atoms with Crippen LogP contribution in [-0.4, -0.2) is 56.6 Å².